The van der Waals surface area contributed by atoms with Crippen LogP contribution in [-0.4, -0.2) is 35.6 Å². The minimum atomic E-state index is -3.05. The van der Waals surface area contributed by atoms with Crippen molar-refractivity contribution in [3.63, 3.8) is 0 Å². The summed E-state index contributed by atoms with van der Waals surface area (Å²) in [4.78, 5) is 15.0. The number of aromatic nitrogens is 2. The number of thiophene rings is 1. The monoisotopic (exact) mass is 435 g/mol. The number of nitrogens with zero attached hydrogens (tertiary/aromatic N) is 2. The van der Waals surface area contributed by atoms with E-state index in [2.05, 4.69) is 33.0 Å². The molecule has 1 N–H and O–H groups in total. The highest BCUT2D eigenvalue weighted by Crippen LogP contribution is 2.34. The highest BCUT2D eigenvalue weighted by atomic mass is 32.2. The predicted octanol–water partition coefficient (Wildman–Crippen LogP) is 3.98. The van der Waals surface area contributed by atoms with Crippen molar-refractivity contribution in [1.82, 2.24) is 9.78 Å². The summed E-state index contributed by atoms with van der Waals surface area (Å²) in [5.74, 6) is 1.35. The molecule has 1 aliphatic heterocycles. The molecule has 1 fully saturated rings. The highest BCUT2D eigenvalue weighted by Gasteiger charge is 2.33. The Morgan fingerprint density at radius 2 is 2.03 bits per heavy atom. The van der Waals surface area contributed by atoms with Crippen molar-refractivity contribution in [2.75, 3.05) is 16.8 Å². The van der Waals surface area contributed by atoms with Crippen LogP contribution in [0, 0.1) is 5.92 Å². The van der Waals surface area contributed by atoms with Crippen LogP contribution in [-0.2, 0) is 28.1 Å². The van der Waals surface area contributed by atoms with E-state index < -0.39 is 9.84 Å². The third-order valence-corrected chi connectivity index (χ3v) is 8.84. The van der Waals surface area contributed by atoms with Gasteiger partial charge in [-0.2, -0.15) is 5.10 Å². The van der Waals surface area contributed by atoms with Crippen LogP contribution in [0.1, 0.15) is 72.4 Å². The second-order valence-corrected chi connectivity index (χ2v) is 12.9. The first-order chi connectivity index (χ1) is 13.5. The fraction of sp³-hybridized carbons (Fsp3) is 0.619. The number of sulfone groups is 1. The summed E-state index contributed by atoms with van der Waals surface area (Å²) in [6.45, 7) is 8.43. The number of hydrogen-bond donors (Lipinski definition) is 1. The Balaban J connectivity index is 1.62. The molecule has 6 nitrogen and oxygen atoms in total. The average Bonchev–Trinajstić information content (AvgIpc) is 3.30. The first-order valence-corrected chi connectivity index (χ1v) is 12.9. The number of aryl methyl sites for hydroxylation is 1. The normalized spacial score (nSPS) is 23.7. The SMILES string of the molecule is CC1CCc2sc(C(=O)Nc3cc(C(C)(C)C)nn3C3CCS(=O)(=O)C3)cc2C1. The molecule has 3 heterocycles. The number of carbonyl (C=O) groups is 1. The summed E-state index contributed by atoms with van der Waals surface area (Å²) in [6, 6.07) is 3.68. The molecular weight excluding hydrogens is 406 g/mol. The molecule has 1 aliphatic carbocycles. The lowest BCUT2D eigenvalue weighted by Gasteiger charge is -2.16. The van der Waals surface area contributed by atoms with E-state index in [1.54, 1.807) is 16.0 Å². The van der Waals surface area contributed by atoms with Gasteiger partial charge < -0.3 is 5.32 Å². The van der Waals surface area contributed by atoms with Gasteiger partial charge in [-0.15, -0.1) is 11.3 Å². The van der Waals surface area contributed by atoms with Crippen LogP contribution < -0.4 is 5.32 Å². The fourth-order valence-corrected chi connectivity index (χ4v) is 6.89. The van der Waals surface area contributed by atoms with Gasteiger partial charge in [0.15, 0.2) is 9.84 Å². The summed E-state index contributed by atoms with van der Waals surface area (Å²) in [6.07, 6.45) is 3.78. The number of nitrogens with one attached hydrogen (secondary N) is 1. The first-order valence-electron chi connectivity index (χ1n) is 10.3. The van der Waals surface area contributed by atoms with E-state index in [1.807, 2.05) is 12.1 Å². The van der Waals surface area contributed by atoms with E-state index in [0.717, 1.165) is 18.5 Å². The maximum Gasteiger partial charge on any atom is 0.266 e. The van der Waals surface area contributed by atoms with Gasteiger partial charge in [-0.3, -0.25) is 4.79 Å². The van der Waals surface area contributed by atoms with E-state index in [-0.39, 0.29) is 28.9 Å². The number of fused-ring (bicyclic) bond motifs is 1. The number of amides is 1. The molecule has 0 aromatic carbocycles. The molecule has 1 saturated heterocycles. The van der Waals surface area contributed by atoms with Crippen molar-refractivity contribution < 1.29 is 13.2 Å². The van der Waals surface area contributed by atoms with Crippen LogP contribution in [0.3, 0.4) is 0 Å². The average molecular weight is 436 g/mol. The Hall–Kier alpha value is -1.67. The lowest BCUT2D eigenvalue weighted by atomic mass is 9.90. The molecule has 2 aromatic heterocycles. The van der Waals surface area contributed by atoms with Gasteiger partial charge in [-0.25, -0.2) is 13.1 Å². The van der Waals surface area contributed by atoms with Crippen molar-refractivity contribution in [3.8, 4) is 0 Å². The molecule has 2 aliphatic rings. The predicted molar refractivity (Wildman–Crippen MR) is 117 cm³/mol. The summed E-state index contributed by atoms with van der Waals surface area (Å²) in [7, 11) is -3.05. The highest BCUT2D eigenvalue weighted by molar-refractivity contribution is 7.91. The van der Waals surface area contributed by atoms with Crippen molar-refractivity contribution >= 4 is 32.9 Å². The third kappa shape index (κ3) is 4.28. The summed E-state index contributed by atoms with van der Waals surface area (Å²) in [5.41, 5.74) is 1.95. The molecule has 2 unspecified atom stereocenters. The van der Waals surface area contributed by atoms with Gasteiger partial charge in [0.25, 0.3) is 5.91 Å². The zero-order valence-corrected chi connectivity index (χ0v) is 19.1. The van der Waals surface area contributed by atoms with Gasteiger partial charge >= 0.3 is 0 Å². The molecule has 0 radical (unpaired) electrons. The Morgan fingerprint density at radius 3 is 2.69 bits per heavy atom. The quantitative estimate of drug-likeness (QED) is 0.791. The van der Waals surface area contributed by atoms with Crippen molar-refractivity contribution in [1.29, 1.82) is 0 Å². The molecule has 2 aromatic rings. The van der Waals surface area contributed by atoms with Gasteiger partial charge in [0.05, 0.1) is 28.1 Å². The van der Waals surface area contributed by atoms with Crippen LogP contribution in [0.2, 0.25) is 0 Å². The molecular formula is C21H29N3O3S2. The Bertz CT molecular complexity index is 1040. The summed E-state index contributed by atoms with van der Waals surface area (Å²) >= 11 is 1.58. The van der Waals surface area contributed by atoms with E-state index >= 15 is 0 Å². The second-order valence-electron chi connectivity index (χ2n) is 9.53. The first kappa shape index (κ1) is 20.6. The van der Waals surface area contributed by atoms with Gasteiger partial charge in [0.2, 0.25) is 0 Å². The summed E-state index contributed by atoms with van der Waals surface area (Å²) in [5, 5.41) is 7.71. The number of rotatable bonds is 3. The molecule has 4 rings (SSSR count). The standard InChI is InChI=1S/C21H29N3O3S2/c1-13-5-6-16-14(9-13)10-17(28-16)20(25)22-19-11-18(21(2,3)4)23-24(19)15-7-8-29(26,27)12-15/h10-11,13,15H,5-9,12H2,1-4H3,(H,22,25). The van der Waals surface area contributed by atoms with Gasteiger partial charge in [-0.1, -0.05) is 27.7 Å². The molecule has 158 valence electrons. The lowest BCUT2D eigenvalue weighted by molar-refractivity contribution is 0.102. The van der Waals surface area contributed by atoms with E-state index in [4.69, 9.17) is 5.10 Å². The zero-order valence-electron chi connectivity index (χ0n) is 17.5. The topological polar surface area (TPSA) is 81.1 Å². The number of carbonyl (C=O) groups excluding carboxylic acids is 1. The third-order valence-electron chi connectivity index (χ3n) is 5.85. The number of anilines is 1. The smallest absolute Gasteiger partial charge is 0.266 e. The van der Waals surface area contributed by atoms with Gasteiger partial charge in [-0.05, 0) is 43.2 Å². The van der Waals surface area contributed by atoms with Crippen molar-refractivity contribution in [2.45, 2.75) is 64.8 Å². The van der Waals surface area contributed by atoms with Crippen LogP contribution in [0.4, 0.5) is 5.82 Å². The van der Waals surface area contributed by atoms with Crippen LogP contribution in [0.15, 0.2) is 12.1 Å². The lowest BCUT2D eigenvalue weighted by Crippen LogP contribution is -2.19. The molecule has 29 heavy (non-hydrogen) atoms. The maximum atomic E-state index is 13.0. The minimum Gasteiger partial charge on any atom is -0.306 e. The van der Waals surface area contributed by atoms with E-state index in [9.17, 15) is 13.2 Å². The van der Waals surface area contributed by atoms with Gasteiger partial charge in [0.1, 0.15) is 5.82 Å². The Labute approximate surface area is 176 Å². The maximum absolute atomic E-state index is 13.0. The summed E-state index contributed by atoms with van der Waals surface area (Å²) < 4.78 is 25.7. The van der Waals surface area contributed by atoms with Crippen molar-refractivity contribution in [3.05, 3.63) is 33.1 Å². The van der Waals surface area contributed by atoms with E-state index in [0.29, 0.717) is 23.0 Å². The van der Waals surface area contributed by atoms with Crippen LogP contribution in [0.25, 0.3) is 0 Å². The molecule has 8 heteroatoms. The van der Waals surface area contributed by atoms with Gasteiger partial charge in [0, 0.05) is 16.4 Å². The molecule has 0 saturated carbocycles. The van der Waals surface area contributed by atoms with Crippen LogP contribution in [0.5, 0.6) is 0 Å². The minimum absolute atomic E-state index is 0.0757. The van der Waals surface area contributed by atoms with E-state index in [1.165, 1.54) is 16.9 Å². The number of hydrogen-bond acceptors (Lipinski definition) is 5. The Morgan fingerprint density at radius 1 is 1.28 bits per heavy atom. The second kappa shape index (κ2) is 7.23. The van der Waals surface area contributed by atoms with Crippen molar-refractivity contribution in [2.24, 2.45) is 5.92 Å². The fourth-order valence-electron chi connectivity index (χ4n) is 4.10. The molecule has 2 atom stereocenters. The molecule has 0 spiro atoms. The zero-order chi connectivity index (χ0) is 21.0. The molecule has 0 bridgehead atoms. The Kier molecular flexibility index (Phi) is 5.14. The van der Waals surface area contributed by atoms with Crippen LogP contribution >= 0.6 is 11.3 Å². The molecule has 1 amide bonds. The largest absolute Gasteiger partial charge is 0.306 e.